The van der Waals surface area contributed by atoms with Crippen LogP contribution in [0.2, 0.25) is 0 Å². The maximum atomic E-state index is 13.2. The van der Waals surface area contributed by atoms with E-state index in [1.54, 1.807) is 37.3 Å². The first-order valence-electron chi connectivity index (χ1n) is 9.45. The van der Waals surface area contributed by atoms with Gasteiger partial charge < -0.3 is 23.6 Å². The number of rotatable bonds is 4. The molecule has 0 aliphatic carbocycles. The van der Waals surface area contributed by atoms with E-state index >= 15 is 0 Å². The van der Waals surface area contributed by atoms with Crippen LogP contribution < -0.4 is 14.8 Å². The maximum absolute atomic E-state index is 13.2. The highest BCUT2D eigenvalue weighted by Crippen LogP contribution is 2.37. The summed E-state index contributed by atoms with van der Waals surface area (Å²) in [6.07, 6.45) is 2.26. The third-order valence-electron chi connectivity index (χ3n) is 5.09. The second-order valence-corrected chi connectivity index (χ2v) is 7.14. The minimum Gasteiger partial charge on any atom is -0.490 e. The van der Waals surface area contributed by atoms with E-state index < -0.39 is 17.5 Å². The number of carbonyl (C=O) groups is 2. The summed E-state index contributed by atoms with van der Waals surface area (Å²) in [5.74, 6) is 1.43. The van der Waals surface area contributed by atoms with Crippen molar-refractivity contribution in [1.29, 1.82) is 0 Å². The van der Waals surface area contributed by atoms with Crippen molar-refractivity contribution in [3.05, 3.63) is 48.0 Å². The minimum absolute atomic E-state index is 0.118. The van der Waals surface area contributed by atoms with E-state index in [4.69, 9.17) is 18.3 Å². The molecule has 10 nitrogen and oxygen atoms in total. The highest BCUT2D eigenvalue weighted by molar-refractivity contribution is 6.07. The van der Waals surface area contributed by atoms with Gasteiger partial charge in [0.15, 0.2) is 17.3 Å². The van der Waals surface area contributed by atoms with E-state index in [0.29, 0.717) is 36.0 Å². The van der Waals surface area contributed by atoms with Crippen molar-refractivity contribution in [2.75, 3.05) is 13.2 Å². The summed E-state index contributed by atoms with van der Waals surface area (Å²) in [7, 11) is 0. The molecule has 1 saturated heterocycles. The number of nitrogens with zero attached hydrogens (tertiary/aromatic N) is 3. The summed E-state index contributed by atoms with van der Waals surface area (Å²) >= 11 is 0. The minimum atomic E-state index is -1.26. The number of hydrogen-bond acceptors (Lipinski definition) is 8. The number of urea groups is 1. The molecule has 10 heteroatoms. The van der Waals surface area contributed by atoms with E-state index in [9.17, 15) is 9.59 Å². The first-order chi connectivity index (χ1) is 14.5. The second-order valence-electron chi connectivity index (χ2n) is 7.14. The zero-order chi connectivity index (χ0) is 20.7. The summed E-state index contributed by atoms with van der Waals surface area (Å²) < 4.78 is 22.1. The number of furan rings is 1. The quantitative estimate of drug-likeness (QED) is 0.652. The van der Waals surface area contributed by atoms with Crippen LogP contribution in [0, 0.1) is 0 Å². The van der Waals surface area contributed by atoms with Gasteiger partial charge in [-0.25, -0.2) is 4.79 Å². The van der Waals surface area contributed by atoms with Crippen LogP contribution in [0.4, 0.5) is 4.79 Å². The van der Waals surface area contributed by atoms with E-state index in [-0.39, 0.29) is 18.3 Å². The molecule has 0 saturated carbocycles. The first-order valence-corrected chi connectivity index (χ1v) is 9.45. The van der Waals surface area contributed by atoms with Gasteiger partial charge in [0.25, 0.3) is 11.8 Å². The van der Waals surface area contributed by atoms with Gasteiger partial charge in [0, 0.05) is 6.42 Å². The molecule has 154 valence electrons. The largest absolute Gasteiger partial charge is 0.490 e. The van der Waals surface area contributed by atoms with E-state index in [2.05, 4.69) is 15.5 Å². The van der Waals surface area contributed by atoms with Crippen LogP contribution in [-0.4, -0.2) is 40.2 Å². The lowest BCUT2D eigenvalue weighted by molar-refractivity contribution is -0.131. The molecule has 0 bridgehead atoms. The van der Waals surface area contributed by atoms with Crippen molar-refractivity contribution >= 4 is 11.9 Å². The number of amides is 3. The Hall–Kier alpha value is -3.82. The van der Waals surface area contributed by atoms with Gasteiger partial charge in [0.05, 0.1) is 19.5 Å². The molecule has 3 amide bonds. The lowest BCUT2D eigenvalue weighted by Crippen LogP contribution is -2.40. The third kappa shape index (κ3) is 2.97. The Labute approximate surface area is 170 Å². The van der Waals surface area contributed by atoms with E-state index in [0.717, 1.165) is 11.3 Å². The van der Waals surface area contributed by atoms with Crippen molar-refractivity contribution in [1.82, 2.24) is 20.4 Å². The monoisotopic (exact) mass is 410 g/mol. The molecule has 1 N–H and O–H groups in total. The van der Waals surface area contributed by atoms with Crippen LogP contribution in [0.25, 0.3) is 11.7 Å². The summed E-state index contributed by atoms with van der Waals surface area (Å²) in [4.78, 5) is 26.8. The molecule has 1 atom stereocenters. The van der Waals surface area contributed by atoms with Crippen LogP contribution >= 0.6 is 0 Å². The predicted molar refractivity (Wildman–Crippen MR) is 100 cm³/mol. The van der Waals surface area contributed by atoms with Crippen LogP contribution in [0.15, 0.2) is 45.4 Å². The fraction of sp³-hybridized carbons (Fsp3) is 0.300. The molecule has 0 spiro atoms. The van der Waals surface area contributed by atoms with E-state index in [1.807, 2.05) is 0 Å². The molecular formula is C20H18N4O6. The Balaban J connectivity index is 1.39. The topological polar surface area (TPSA) is 120 Å². The standard InChI is InChI=1S/C20H18N4O6/c1-20(12-5-6-13-15(10-12)29-9-3-8-27-13)18(25)24(19(26)21-20)11-16-22-23-17(30-16)14-4-2-7-28-14/h2,4-7,10H,3,8-9,11H2,1H3,(H,21,26). The normalized spacial score (nSPS) is 20.9. The van der Waals surface area contributed by atoms with Gasteiger partial charge in [-0.2, -0.15) is 0 Å². The smallest absolute Gasteiger partial charge is 0.325 e. The van der Waals surface area contributed by atoms with Crippen LogP contribution in [0.3, 0.4) is 0 Å². The Morgan fingerprint density at radius 2 is 1.97 bits per heavy atom. The zero-order valence-electron chi connectivity index (χ0n) is 16.1. The average molecular weight is 410 g/mol. The number of carbonyl (C=O) groups excluding carboxylic acids is 2. The van der Waals surface area contributed by atoms with E-state index in [1.165, 1.54) is 6.26 Å². The molecule has 2 aliphatic rings. The zero-order valence-corrected chi connectivity index (χ0v) is 16.1. The third-order valence-corrected chi connectivity index (χ3v) is 5.09. The molecule has 1 aromatic carbocycles. The highest BCUT2D eigenvalue weighted by Gasteiger charge is 2.49. The van der Waals surface area contributed by atoms with Gasteiger partial charge in [-0.05, 0) is 36.8 Å². The second kappa shape index (κ2) is 6.90. The van der Waals surface area contributed by atoms with Crippen LogP contribution in [0.1, 0.15) is 24.8 Å². The molecule has 30 heavy (non-hydrogen) atoms. The molecule has 2 aliphatic heterocycles. The lowest BCUT2D eigenvalue weighted by atomic mass is 9.91. The number of ether oxygens (including phenoxy) is 2. The number of imide groups is 1. The number of aromatic nitrogens is 2. The summed E-state index contributed by atoms with van der Waals surface area (Å²) in [5, 5.41) is 10.6. The average Bonchev–Trinajstić information content (AvgIpc) is 3.43. The van der Waals surface area contributed by atoms with Crippen molar-refractivity contribution in [3.8, 4) is 23.1 Å². The fourth-order valence-electron chi connectivity index (χ4n) is 3.46. The van der Waals surface area contributed by atoms with Crippen LogP contribution in [0.5, 0.6) is 11.5 Å². The molecule has 0 radical (unpaired) electrons. The summed E-state index contributed by atoms with van der Waals surface area (Å²) in [6.45, 7) is 2.58. The molecule has 1 fully saturated rings. The Kier molecular flexibility index (Phi) is 4.19. The van der Waals surface area contributed by atoms with Crippen molar-refractivity contribution in [3.63, 3.8) is 0 Å². The molecule has 5 rings (SSSR count). The predicted octanol–water partition coefficient (Wildman–Crippen LogP) is 2.46. The number of nitrogens with one attached hydrogen (secondary N) is 1. The Morgan fingerprint density at radius 3 is 2.77 bits per heavy atom. The lowest BCUT2D eigenvalue weighted by Gasteiger charge is -2.23. The number of hydrogen-bond donors (Lipinski definition) is 1. The first kappa shape index (κ1) is 18.2. The van der Waals surface area contributed by atoms with Crippen molar-refractivity contribution in [2.45, 2.75) is 25.4 Å². The summed E-state index contributed by atoms with van der Waals surface area (Å²) in [6, 6.07) is 8.04. The van der Waals surface area contributed by atoms with Gasteiger partial charge in [-0.15, -0.1) is 10.2 Å². The van der Waals surface area contributed by atoms with Gasteiger partial charge in [-0.1, -0.05) is 6.07 Å². The fourth-order valence-corrected chi connectivity index (χ4v) is 3.46. The Bertz CT molecular complexity index is 1110. The SMILES string of the molecule is CC1(c2ccc3c(c2)OCCCO3)NC(=O)N(Cc2nnc(-c3ccco3)o2)C1=O. The molecule has 1 unspecified atom stereocenters. The summed E-state index contributed by atoms with van der Waals surface area (Å²) in [5.41, 5.74) is -0.666. The molecule has 4 heterocycles. The molecule has 2 aromatic heterocycles. The van der Waals surface area contributed by atoms with Gasteiger partial charge in [-0.3, -0.25) is 9.69 Å². The Morgan fingerprint density at radius 1 is 1.13 bits per heavy atom. The molecule has 3 aromatic rings. The van der Waals surface area contributed by atoms with Gasteiger partial charge in [0.2, 0.25) is 5.89 Å². The molecular weight excluding hydrogens is 392 g/mol. The number of benzene rings is 1. The van der Waals surface area contributed by atoms with Crippen molar-refractivity contribution in [2.24, 2.45) is 0 Å². The van der Waals surface area contributed by atoms with Crippen molar-refractivity contribution < 1.29 is 27.9 Å². The van der Waals surface area contributed by atoms with Gasteiger partial charge >= 0.3 is 6.03 Å². The maximum Gasteiger partial charge on any atom is 0.325 e. The number of fused-ring (bicyclic) bond motifs is 1. The highest BCUT2D eigenvalue weighted by atomic mass is 16.5. The van der Waals surface area contributed by atoms with Gasteiger partial charge in [0.1, 0.15) is 12.1 Å². The van der Waals surface area contributed by atoms with Crippen LogP contribution in [-0.2, 0) is 16.9 Å².